The molecular weight excluding hydrogens is 184 g/mol. The van der Waals surface area contributed by atoms with Gasteiger partial charge in [-0.25, -0.2) is 0 Å². The van der Waals surface area contributed by atoms with Gasteiger partial charge in [-0.05, 0) is 24.7 Å². The van der Waals surface area contributed by atoms with Crippen molar-refractivity contribution in [2.24, 2.45) is 0 Å². The molecule has 0 saturated heterocycles. The van der Waals surface area contributed by atoms with E-state index in [1.807, 2.05) is 0 Å². The number of hydrogen-bond donors (Lipinski definition) is 0. The van der Waals surface area contributed by atoms with E-state index >= 15 is 0 Å². The van der Waals surface area contributed by atoms with Crippen LogP contribution in [-0.2, 0) is 8.77 Å². The van der Waals surface area contributed by atoms with E-state index in [4.69, 9.17) is 11.9 Å². The average Bonchev–Trinajstić information content (AvgIpc) is 2.03. The molecule has 0 aliphatic carbocycles. The predicted molar refractivity (Wildman–Crippen MR) is 44.6 cm³/mol. The molecule has 0 aromatic carbocycles. The molecule has 0 aromatic rings. The van der Waals surface area contributed by atoms with Crippen molar-refractivity contribution >= 4 is 23.9 Å². The summed E-state index contributed by atoms with van der Waals surface area (Å²) in [6.07, 6.45) is 0. The molecule has 0 fully saturated rings. The second kappa shape index (κ2) is 9.24. The Labute approximate surface area is 74.9 Å². The zero-order valence-electron chi connectivity index (χ0n) is 5.60. The molecule has 0 atom stereocenters. The molecule has 0 aliphatic heterocycles. The molecule has 56 valence electrons. The lowest BCUT2D eigenvalue weighted by Gasteiger charge is -1.79. The van der Waals surface area contributed by atoms with Gasteiger partial charge < -0.3 is 0 Å². The molecule has 0 aliphatic rings. The first-order chi connectivity index (χ1) is 5.41. The molecule has 0 amide bonds. The standard InChI is InChI=1S/C7H3ClO2S/c1-2-3-4-5-6-7-11-10-9-8/h1H3. The Bertz CT molecular complexity index is 268. The van der Waals surface area contributed by atoms with Crippen LogP contribution in [0.25, 0.3) is 0 Å². The second-order valence-electron chi connectivity index (χ2n) is 1.07. The first-order valence-electron chi connectivity index (χ1n) is 2.44. The lowest BCUT2D eigenvalue weighted by Crippen LogP contribution is -1.63. The van der Waals surface area contributed by atoms with Gasteiger partial charge in [0.15, 0.2) is 0 Å². The molecule has 0 rings (SSSR count). The second-order valence-corrected chi connectivity index (χ2v) is 1.70. The van der Waals surface area contributed by atoms with Crippen molar-refractivity contribution in [2.75, 3.05) is 0 Å². The van der Waals surface area contributed by atoms with E-state index in [-0.39, 0.29) is 0 Å². The fourth-order valence-corrected chi connectivity index (χ4v) is 0.431. The van der Waals surface area contributed by atoms with Gasteiger partial charge in [-0.2, -0.15) is 0 Å². The highest BCUT2D eigenvalue weighted by atomic mass is 35.5. The van der Waals surface area contributed by atoms with Crippen LogP contribution in [-0.4, -0.2) is 0 Å². The summed E-state index contributed by atoms with van der Waals surface area (Å²) in [4.78, 5) is 0. The Balaban J connectivity index is 3.54. The summed E-state index contributed by atoms with van der Waals surface area (Å²) in [6.45, 7) is 1.70. The summed E-state index contributed by atoms with van der Waals surface area (Å²) in [6, 6.07) is 0. The summed E-state index contributed by atoms with van der Waals surface area (Å²) < 4.78 is 7.87. The maximum absolute atomic E-state index is 4.69. The third kappa shape index (κ3) is 9.24. The third-order valence-electron chi connectivity index (χ3n) is 0.465. The summed E-state index contributed by atoms with van der Waals surface area (Å²) in [5.41, 5.74) is 0. The molecule has 2 nitrogen and oxygen atoms in total. The van der Waals surface area contributed by atoms with Gasteiger partial charge in [-0.3, -0.25) is 0 Å². The van der Waals surface area contributed by atoms with Crippen LogP contribution in [0.3, 0.4) is 0 Å². The summed E-state index contributed by atoms with van der Waals surface area (Å²) in [5, 5.41) is 2.44. The largest absolute Gasteiger partial charge is 0.131 e. The van der Waals surface area contributed by atoms with Crippen LogP contribution in [0.1, 0.15) is 6.92 Å². The molecule has 0 N–H and O–H groups in total. The van der Waals surface area contributed by atoms with Crippen LogP contribution in [0.15, 0.2) is 0 Å². The Morgan fingerprint density at radius 3 is 2.55 bits per heavy atom. The fraction of sp³-hybridized carbons (Fsp3) is 0.143. The van der Waals surface area contributed by atoms with E-state index < -0.39 is 0 Å². The summed E-state index contributed by atoms with van der Waals surface area (Å²) in [7, 11) is 0. The van der Waals surface area contributed by atoms with E-state index in [1.54, 1.807) is 6.92 Å². The molecular formula is C7H3ClO2S. The maximum Gasteiger partial charge on any atom is 0.124 e. The van der Waals surface area contributed by atoms with Gasteiger partial charge in [0.2, 0.25) is 0 Å². The zero-order chi connectivity index (χ0) is 8.36. The van der Waals surface area contributed by atoms with Crippen molar-refractivity contribution in [3.05, 3.63) is 0 Å². The minimum Gasteiger partial charge on any atom is -0.131 e. The molecule has 0 aromatic heterocycles. The van der Waals surface area contributed by atoms with Gasteiger partial charge in [0.25, 0.3) is 0 Å². The van der Waals surface area contributed by atoms with Crippen molar-refractivity contribution in [3.63, 3.8) is 0 Å². The molecule has 4 heteroatoms. The molecule has 0 unspecified atom stereocenters. The highest BCUT2D eigenvalue weighted by Crippen LogP contribution is 2.00. The normalized spacial score (nSPS) is 6.00. The smallest absolute Gasteiger partial charge is 0.124 e. The third-order valence-corrected chi connectivity index (χ3v) is 0.924. The van der Waals surface area contributed by atoms with Gasteiger partial charge in [-0.1, -0.05) is 5.92 Å². The van der Waals surface area contributed by atoms with Crippen molar-refractivity contribution in [1.29, 1.82) is 0 Å². The first-order valence-corrected chi connectivity index (χ1v) is 3.49. The first kappa shape index (κ1) is 10.2. The summed E-state index contributed by atoms with van der Waals surface area (Å²) >= 11 is 5.44. The maximum atomic E-state index is 4.69. The lowest BCUT2D eigenvalue weighted by molar-refractivity contribution is -0.0669. The van der Waals surface area contributed by atoms with E-state index in [0.717, 1.165) is 12.0 Å². The van der Waals surface area contributed by atoms with Gasteiger partial charge >= 0.3 is 0 Å². The van der Waals surface area contributed by atoms with Gasteiger partial charge in [0.05, 0.1) is 0 Å². The monoisotopic (exact) mass is 186 g/mol. The van der Waals surface area contributed by atoms with Gasteiger partial charge in [0, 0.05) is 11.2 Å². The Morgan fingerprint density at radius 2 is 1.91 bits per heavy atom. The van der Waals surface area contributed by atoms with Crippen molar-refractivity contribution < 1.29 is 8.77 Å². The van der Waals surface area contributed by atoms with Crippen LogP contribution < -0.4 is 0 Å². The zero-order valence-corrected chi connectivity index (χ0v) is 7.18. The van der Waals surface area contributed by atoms with Gasteiger partial charge in [0.1, 0.15) is 23.9 Å². The number of halogens is 1. The lowest BCUT2D eigenvalue weighted by atomic mass is 10.5. The molecule has 0 bridgehead atoms. The highest BCUT2D eigenvalue weighted by Gasteiger charge is 1.75. The van der Waals surface area contributed by atoms with E-state index in [1.165, 1.54) is 0 Å². The van der Waals surface area contributed by atoms with Crippen molar-refractivity contribution in [1.82, 2.24) is 0 Å². The van der Waals surface area contributed by atoms with Crippen molar-refractivity contribution in [3.8, 4) is 34.9 Å². The molecule has 0 spiro atoms. The van der Waals surface area contributed by atoms with Crippen molar-refractivity contribution in [2.45, 2.75) is 6.92 Å². The average molecular weight is 187 g/mol. The van der Waals surface area contributed by atoms with E-state index in [9.17, 15) is 0 Å². The Kier molecular flexibility index (Phi) is 8.60. The Morgan fingerprint density at radius 1 is 1.18 bits per heavy atom. The quantitative estimate of drug-likeness (QED) is 0.215. The van der Waals surface area contributed by atoms with E-state index in [0.29, 0.717) is 0 Å². The number of hydrogen-bond acceptors (Lipinski definition) is 3. The van der Waals surface area contributed by atoms with E-state index in [2.05, 4.69) is 43.6 Å². The molecule has 0 radical (unpaired) electrons. The predicted octanol–water partition coefficient (Wildman–Crippen LogP) is 1.72. The minimum atomic E-state index is 0.745. The van der Waals surface area contributed by atoms with Crippen LogP contribution in [0.2, 0.25) is 0 Å². The summed E-state index contributed by atoms with van der Waals surface area (Å²) in [5.74, 6) is 12.5. The SMILES string of the molecule is CC#CC#CC#CSOOCl. The van der Waals surface area contributed by atoms with Crippen LogP contribution >= 0.6 is 23.9 Å². The molecule has 0 heterocycles. The topological polar surface area (TPSA) is 18.5 Å². The minimum absolute atomic E-state index is 0.745. The van der Waals surface area contributed by atoms with Crippen LogP contribution in [0, 0.1) is 34.9 Å². The van der Waals surface area contributed by atoms with Gasteiger partial charge in [-0.15, -0.1) is 8.77 Å². The molecule has 11 heavy (non-hydrogen) atoms. The molecule has 0 saturated carbocycles. The number of rotatable bonds is 2. The van der Waals surface area contributed by atoms with Crippen LogP contribution in [0.5, 0.6) is 0 Å². The van der Waals surface area contributed by atoms with Crippen LogP contribution in [0.4, 0.5) is 0 Å². The highest BCUT2D eigenvalue weighted by molar-refractivity contribution is 7.99. The fourth-order valence-electron chi connectivity index (χ4n) is 0.201. The Hall–Kier alpha value is -0.760.